The summed E-state index contributed by atoms with van der Waals surface area (Å²) < 4.78 is 6.77. The lowest BCUT2D eigenvalue weighted by atomic mass is 10.1. The summed E-state index contributed by atoms with van der Waals surface area (Å²) in [5, 5.41) is -0.436. The summed E-state index contributed by atoms with van der Waals surface area (Å²) in [7, 11) is 3.31. The van der Waals surface area contributed by atoms with Gasteiger partial charge in [0.15, 0.2) is 0 Å². The standard InChI is InChI=1S/C16H16ClNO3/c1-18-14(12-4-3-5-13(10-12)21-2)8-6-11(16(18)20)7-9-15(17)19/h3-6,8,10H,7,9H2,1-2H3. The second-order valence-electron chi connectivity index (χ2n) is 4.70. The number of rotatable bonds is 5. The molecule has 0 atom stereocenters. The first-order chi connectivity index (χ1) is 10.0. The Balaban J connectivity index is 2.40. The summed E-state index contributed by atoms with van der Waals surface area (Å²) in [6.07, 6.45) is 0.517. The van der Waals surface area contributed by atoms with Crippen LogP contribution >= 0.6 is 11.6 Å². The van der Waals surface area contributed by atoms with E-state index in [4.69, 9.17) is 16.3 Å². The van der Waals surface area contributed by atoms with Crippen LogP contribution in [0.2, 0.25) is 0 Å². The number of carbonyl (C=O) groups is 1. The quantitative estimate of drug-likeness (QED) is 0.798. The Morgan fingerprint density at radius 1 is 1.29 bits per heavy atom. The third-order valence-electron chi connectivity index (χ3n) is 3.34. The minimum absolute atomic E-state index is 0.117. The van der Waals surface area contributed by atoms with Gasteiger partial charge in [-0.1, -0.05) is 18.2 Å². The number of aryl methyl sites for hydroxylation is 1. The second-order valence-corrected chi connectivity index (χ2v) is 5.12. The van der Waals surface area contributed by atoms with Crippen LogP contribution in [-0.2, 0) is 18.3 Å². The number of hydrogen-bond donors (Lipinski definition) is 0. The highest BCUT2D eigenvalue weighted by Gasteiger charge is 2.09. The van der Waals surface area contributed by atoms with Gasteiger partial charge in [0.2, 0.25) is 5.24 Å². The van der Waals surface area contributed by atoms with Crippen LogP contribution in [0.3, 0.4) is 0 Å². The average molecular weight is 306 g/mol. The summed E-state index contributed by atoms with van der Waals surface area (Å²) in [6, 6.07) is 11.1. The van der Waals surface area contributed by atoms with Crippen LogP contribution in [-0.4, -0.2) is 16.9 Å². The highest BCUT2D eigenvalue weighted by Crippen LogP contribution is 2.22. The minimum atomic E-state index is -0.436. The molecule has 0 saturated carbocycles. The number of ether oxygens (including phenoxy) is 1. The molecule has 1 heterocycles. The summed E-state index contributed by atoms with van der Waals surface area (Å²) >= 11 is 5.32. The van der Waals surface area contributed by atoms with Crippen LogP contribution < -0.4 is 10.3 Å². The number of methoxy groups -OCH3 is 1. The zero-order valence-corrected chi connectivity index (χ0v) is 12.7. The fraction of sp³-hybridized carbons (Fsp3) is 0.250. The predicted molar refractivity (Wildman–Crippen MR) is 82.9 cm³/mol. The van der Waals surface area contributed by atoms with E-state index in [1.54, 1.807) is 24.8 Å². The zero-order chi connectivity index (χ0) is 15.4. The molecular weight excluding hydrogens is 290 g/mol. The van der Waals surface area contributed by atoms with E-state index in [9.17, 15) is 9.59 Å². The van der Waals surface area contributed by atoms with E-state index in [-0.39, 0.29) is 12.0 Å². The van der Waals surface area contributed by atoms with Gasteiger partial charge < -0.3 is 9.30 Å². The van der Waals surface area contributed by atoms with Crippen LogP contribution in [0.4, 0.5) is 0 Å². The van der Waals surface area contributed by atoms with Crippen molar-refractivity contribution in [2.75, 3.05) is 7.11 Å². The Morgan fingerprint density at radius 2 is 2.05 bits per heavy atom. The van der Waals surface area contributed by atoms with Gasteiger partial charge in [-0.05, 0) is 36.2 Å². The molecule has 0 N–H and O–H groups in total. The van der Waals surface area contributed by atoms with Crippen LogP contribution in [0, 0.1) is 0 Å². The molecule has 0 radical (unpaired) electrons. The fourth-order valence-electron chi connectivity index (χ4n) is 2.18. The molecule has 0 unspecified atom stereocenters. The van der Waals surface area contributed by atoms with E-state index in [2.05, 4.69) is 0 Å². The molecule has 110 valence electrons. The number of nitrogens with zero attached hydrogens (tertiary/aromatic N) is 1. The van der Waals surface area contributed by atoms with E-state index in [0.717, 1.165) is 17.0 Å². The molecule has 0 spiro atoms. The highest BCUT2D eigenvalue weighted by molar-refractivity contribution is 6.63. The number of halogens is 1. The topological polar surface area (TPSA) is 48.3 Å². The Hall–Kier alpha value is -2.07. The molecule has 0 saturated heterocycles. The van der Waals surface area contributed by atoms with E-state index in [0.29, 0.717) is 12.0 Å². The van der Waals surface area contributed by atoms with E-state index in [1.165, 1.54) is 0 Å². The van der Waals surface area contributed by atoms with Gasteiger partial charge in [-0.3, -0.25) is 9.59 Å². The van der Waals surface area contributed by atoms with Crippen molar-refractivity contribution < 1.29 is 9.53 Å². The predicted octanol–water partition coefficient (Wildman–Crippen LogP) is 2.76. The maximum absolute atomic E-state index is 12.3. The van der Waals surface area contributed by atoms with Gasteiger partial charge in [0, 0.05) is 24.6 Å². The lowest BCUT2D eigenvalue weighted by Gasteiger charge is -2.11. The first-order valence-corrected chi connectivity index (χ1v) is 6.92. The maximum Gasteiger partial charge on any atom is 0.253 e. The van der Waals surface area contributed by atoms with Crippen molar-refractivity contribution in [3.8, 4) is 17.0 Å². The molecule has 2 aromatic rings. The fourth-order valence-corrected chi connectivity index (χ4v) is 2.28. The van der Waals surface area contributed by atoms with Crippen molar-refractivity contribution in [1.82, 2.24) is 4.57 Å². The molecule has 0 aliphatic rings. The lowest BCUT2D eigenvalue weighted by Crippen LogP contribution is -2.22. The number of benzene rings is 1. The molecule has 2 rings (SSSR count). The maximum atomic E-state index is 12.3. The van der Waals surface area contributed by atoms with E-state index in [1.807, 2.05) is 30.3 Å². The summed E-state index contributed by atoms with van der Waals surface area (Å²) in [4.78, 5) is 23.1. The Kier molecular flexibility index (Phi) is 4.81. The molecule has 0 fully saturated rings. The number of carbonyl (C=O) groups excluding carboxylic acids is 1. The molecule has 1 aromatic carbocycles. The molecular formula is C16H16ClNO3. The van der Waals surface area contributed by atoms with Crippen molar-refractivity contribution in [1.29, 1.82) is 0 Å². The second kappa shape index (κ2) is 6.59. The first-order valence-electron chi connectivity index (χ1n) is 6.54. The highest BCUT2D eigenvalue weighted by atomic mass is 35.5. The molecule has 0 aliphatic heterocycles. The number of aromatic nitrogens is 1. The minimum Gasteiger partial charge on any atom is -0.497 e. The van der Waals surface area contributed by atoms with Crippen molar-refractivity contribution in [3.63, 3.8) is 0 Å². The van der Waals surface area contributed by atoms with Gasteiger partial charge in [-0.15, -0.1) is 0 Å². The third kappa shape index (κ3) is 3.52. The van der Waals surface area contributed by atoms with Crippen LogP contribution in [0.25, 0.3) is 11.3 Å². The Morgan fingerprint density at radius 3 is 2.71 bits per heavy atom. The van der Waals surface area contributed by atoms with Gasteiger partial charge in [-0.25, -0.2) is 0 Å². The lowest BCUT2D eigenvalue weighted by molar-refractivity contribution is -0.111. The van der Waals surface area contributed by atoms with E-state index < -0.39 is 5.24 Å². The van der Waals surface area contributed by atoms with Gasteiger partial charge >= 0.3 is 0 Å². The van der Waals surface area contributed by atoms with Gasteiger partial charge in [0.25, 0.3) is 5.56 Å². The monoisotopic (exact) mass is 305 g/mol. The molecule has 21 heavy (non-hydrogen) atoms. The summed E-state index contributed by atoms with van der Waals surface area (Å²) in [5.74, 6) is 0.733. The smallest absolute Gasteiger partial charge is 0.253 e. The Labute approximate surface area is 127 Å². The van der Waals surface area contributed by atoms with E-state index >= 15 is 0 Å². The molecule has 4 nitrogen and oxygen atoms in total. The zero-order valence-electron chi connectivity index (χ0n) is 11.9. The normalized spacial score (nSPS) is 10.4. The molecule has 0 bridgehead atoms. The largest absolute Gasteiger partial charge is 0.497 e. The molecule has 0 aliphatic carbocycles. The van der Waals surface area contributed by atoms with Crippen LogP contribution in [0.15, 0.2) is 41.2 Å². The SMILES string of the molecule is COc1cccc(-c2ccc(CCC(=O)Cl)c(=O)n2C)c1. The van der Waals surface area contributed by atoms with Crippen molar-refractivity contribution in [3.05, 3.63) is 52.3 Å². The molecule has 0 amide bonds. The molecule has 1 aromatic heterocycles. The third-order valence-corrected chi connectivity index (χ3v) is 3.53. The van der Waals surface area contributed by atoms with Gasteiger partial charge in [0.05, 0.1) is 12.8 Å². The van der Waals surface area contributed by atoms with Crippen molar-refractivity contribution in [2.45, 2.75) is 12.8 Å². The van der Waals surface area contributed by atoms with Crippen molar-refractivity contribution >= 4 is 16.8 Å². The average Bonchev–Trinajstić information content (AvgIpc) is 2.48. The van der Waals surface area contributed by atoms with Gasteiger partial charge in [-0.2, -0.15) is 0 Å². The summed E-state index contributed by atoms with van der Waals surface area (Å²) in [5.41, 5.74) is 2.15. The number of pyridine rings is 1. The summed E-state index contributed by atoms with van der Waals surface area (Å²) in [6.45, 7) is 0. The van der Waals surface area contributed by atoms with Crippen LogP contribution in [0.5, 0.6) is 5.75 Å². The van der Waals surface area contributed by atoms with Crippen molar-refractivity contribution in [2.24, 2.45) is 7.05 Å². The number of hydrogen-bond acceptors (Lipinski definition) is 3. The Bertz CT molecular complexity index is 722. The molecule has 5 heteroatoms. The first kappa shape index (κ1) is 15.3. The van der Waals surface area contributed by atoms with Crippen LogP contribution in [0.1, 0.15) is 12.0 Å². The van der Waals surface area contributed by atoms with Gasteiger partial charge in [0.1, 0.15) is 5.75 Å².